The Labute approximate surface area is 99.3 Å². The lowest BCUT2D eigenvalue weighted by Gasteiger charge is -2.28. The minimum absolute atomic E-state index is 0.799. The Balaban J connectivity index is 1.86. The molecule has 1 aliphatic rings. The monoisotopic (exact) mass is 230 g/mol. The fourth-order valence-corrected chi connectivity index (χ4v) is 2.03. The van der Waals surface area contributed by atoms with Gasteiger partial charge in [-0.25, -0.2) is 15.0 Å². The number of anilines is 2. The molecule has 1 N–H and O–H groups in total. The largest absolute Gasteiger partial charge is 0.373 e. The van der Waals surface area contributed by atoms with Crippen molar-refractivity contribution in [2.75, 3.05) is 23.8 Å². The van der Waals surface area contributed by atoms with E-state index in [2.05, 4.69) is 29.7 Å². The predicted octanol–water partition coefficient (Wildman–Crippen LogP) is 0.735. The average Bonchev–Trinajstić information content (AvgIpc) is 2.86. The number of rotatable bonds is 2. The third-order valence-electron chi connectivity index (χ3n) is 2.98. The molecule has 0 aliphatic carbocycles. The molecule has 3 heterocycles. The van der Waals surface area contributed by atoms with E-state index in [9.17, 15) is 0 Å². The number of imidazole rings is 1. The van der Waals surface area contributed by atoms with Gasteiger partial charge < -0.3 is 14.8 Å². The van der Waals surface area contributed by atoms with Crippen molar-refractivity contribution in [1.82, 2.24) is 19.5 Å². The van der Waals surface area contributed by atoms with Gasteiger partial charge in [0, 0.05) is 38.6 Å². The molecule has 0 saturated carbocycles. The van der Waals surface area contributed by atoms with Crippen LogP contribution in [0.15, 0.2) is 24.8 Å². The standard InChI is InChI=1S/C11H14N6/c1-12-9-6-10(15-8-14-9)17-5-4-16-3-2-13-11(16)7-17/h2-3,6,8H,4-5,7H2,1H3,(H,12,14,15). The van der Waals surface area contributed by atoms with Crippen LogP contribution in [0.4, 0.5) is 11.6 Å². The lowest BCUT2D eigenvalue weighted by molar-refractivity contribution is 0.556. The number of hydrogen-bond donors (Lipinski definition) is 1. The van der Waals surface area contributed by atoms with Gasteiger partial charge in [0.25, 0.3) is 0 Å². The minimum Gasteiger partial charge on any atom is -0.373 e. The summed E-state index contributed by atoms with van der Waals surface area (Å²) in [6.07, 6.45) is 5.45. The van der Waals surface area contributed by atoms with Crippen LogP contribution in [0, 0.1) is 0 Å². The molecule has 0 atom stereocenters. The fraction of sp³-hybridized carbons (Fsp3) is 0.364. The molecule has 0 amide bonds. The van der Waals surface area contributed by atoms with Crippen molar-refractivity contribution in [3.8, 4) is 0 Å². The average molecular weight is 230 g/mol. The van der Waals surface area contributed by atoms with Gasteiger partial charge >= 0.3 is 0 Å². The lowest BCUT2D eigenvalue weighted by Crippen LogP contribution is -2.34. The Kier molecular flexibility index (Phi) is 2.40. The number of fused-ring (bicyclic) bond motifs is 1. The zero-order valence-corrected chi connectivity index (χ0v) is 9.67. The maximum atomic E-state index is 4.34. The first kappa shape index (κ1) is 10.1. The Hall–Kier alpha value is -2.11. The summed E-state index contributed by atoms with van der Waals surface area (Å²) in [4.78, 5) is 15.0. The van der Waals surface area contributed by atoms with Crippen molar-refractivity contribution in [1.29, 1.82) is 0 Å². The maximum Gasteiger partial charge on any atom is 0.134 e. The van der Waals surface area contributed by atoms with E-state index in [-0.39, 0.29) is 0 Å². The molecule has 3 rings (SSSR count). The van der Waals surface area contributed by atoms with Crippen LogP contribution in [-0.2, 0) is 13.1 Å². The molecular weight excluding hydrogens is 216 g/mol. The van der Waals surface area contributed by atoms with Gasteiger partial charge in [-0.05, 0) is 0 Å². The van der Waals surface area contributed by atoms with E-state index in [4.69, 9.17) is 0 Å². The zero-order valence-electron chi connectivity index (χ0n) is 9.67. The summed E-state index contributed by atoms with van der Waals surface area (Å²) in [6.45, 7) is 2.70. The van der Waals surface area contributed by atoms with Gasteiger partial charge in [-0.15, -0.1) is 0 Å². The van der Waals surface area contributed by atoms with Crippen molar-refractivity contribution < 1.29 is 0 Å². The second kappa shape index (κ2) is 4.04. The Morgan fingerprint density at radius 2 is 2.18 bits per heavy atom. The third-order valence-corrected chi connectivity index (χ3v) is 2.98. The van der Waals surface area contributed by atoms with E-state index >= 15 is 0 Å². The van der Waals surface area contributed by atoms with Crippen LogP contribution in [0.1, 0.15) is 5.82 Å². The first-order valence-electron chi connectivity index (χ1n) is 5.61. The van der Waals surface area contributed by atoms with E-state index in [1.54, 1.807) is 6.33 Å². The first-order valence-corrected chi connectivity index (χ1v) is 5.61. The van der Waals surface area contributed by atoms with Gasteiger partial charge in [-0.3, -0.25) is 0 Å². The van der Waals surface area contributed by atoms with Gasteiger partial charge in [-0.1, -0.05) is 0 Å². The molecule has 0 unspecified atom stereocenters. The van der Waals surface area contributed by atoms with Crippen molar-refractivity contribution >= 4 is 11.6 Å². The zero-order chi connectivity index (χ0) is 11.7. The molecular formula is C11H14N6. The first-order chi connectivity index (χ1) is 8.36. The van der Waals surface area contributed by atoms with Crippen molar-refractivity contribution in [2.45, 2.75) is 13.1 Å². The van der Waals surface area contributed by atoms with Crippen LogP contribution in [0.5, 0.6) is 0 Å². The summed E-state index contributed by atoms with van der Waals surface area (Å²) >= 11 is 0. The maximum absolute atomic E-state index is 4.34. The highest BCUT2D eigenvalue weighted by molar-refractivity contribution is 5.48. The van der Waals surface area contributed by atoms with Gasteiger partial charge in [0.15, 0.2) is 0 Å². The Morgan fingerprint density at radius 3 is 3.06 bits per heavy atom. The van der Waals surface area contributed by atoms with E-state index in [1.165, 1.54) is 0 Å². The molecule has 2 aromatic rings. The minimum atomic E-state index is 0.799. The molecule has 17 heavy (non-hydrogen) atoms. The van der Waals surface area contributed by atoms with Gasteiger partial charge in [-0.2, -0.15) is 0 Å². The summed E-state index contributed by atoms with van der Waals surface area (Å²) < 4.78 is 2.18. The predicted molar refractivity (Wildman–Crippen MR) is 64.9 cm³/mol. The summed E-state index contributed by atoms with van der Waals surface area (Å²) in [5, 5.41) is 3.02. The number of hydrogen-bond acceptors (Lipinski definition) is 5. The molecule has 0 fully saturated rings. The summed E-state index contributed by atoms with van der Waals surface area (Å²) in [6, 6.07) is 1.96. The highest BCUT2D eigenvalue weighted by atomic mass is 15.3. The van der Waals surface area contributed by atoms with Crippen molar-refractivity contribution in [3.05, 3.63) is 30.6 Å². The van der Waals surface area contributed by atoms with E-state index in [1.807, 2.05) is 25.5 Å². The SMILES string of the molecule is CNc1cc(N2CCn3ccnc3C2)ncn1. The van der Waals surface area contributed by atoms with Crippen LogP contribution >= 0.6 is 0 Å². The summed E-state index contributed by atoms with van der Waals surface area (Å²) in [5.41, 5.74) is 0. The van der Waals surface area contributed by atoms with E-state index in [0.717, 1.165) is 37.1 Å². The third kappa shape index (κ3) is 1.82. The molecule has 0 aromatic carbocycles. The number of aromatic nitrogens is 4. The topological polar surface area (TPSA) is 58.9 Å². The lowest BCUT2D eigenvalue weighted by atomic mass is 10.3. The normalized spacial score (nSPS) is 14.5. The van der Waals surface area contributed by atoms with Gasteiger partial charge in [0.05, 0.1) is 6.54 Å². The molecule has 0 saturated heterocycles. The van der Waals surface area contributed by atoms with Gasteiger partial charge in [0.2, 0.25) is 0 Å². The number of nitrogens with one attached hydrogen (secondary N) is 1. The highest BCUT2D eigenvalue weighted by Crippen LogP contribution is 2.19. The summed E-state index contributed by atoms with van der Waals surface area (Å²) in [5.74, 6) is 2.86. The quantitative estimate of drug-likeness (QED) is 0.824. The highest BCUT2D eigenvalue weighted by Gasteiger charge is 2.17. The second-order valence-electron chi connectivity index (χ2n) is 3.97. The van der Waals surface area contributed by atoms with Crippen molar-refractivity contribution in [3.63, 3.8) is 0 Å². The Morgan fingerprint density at radius 1 is 1.24 bits per heavy atom. The van der Waals surface area contributed by atoms with E-state index < -0.39 is 0 Å². The molecule has 1 aliphatic heterocycles. The number of nitrogens with zero attached hydrogens (tertiary/aromatic N) is 5. The van der Waals surface area contributed by atoms with Crippen molar-refractivity contribution in [2.24, 2.45) is 0 Å². The van der Waals surface area contributed by atoms with Crippen LogP contribution < -0.4 is 10.2 Å². The van der Waals surface area contributed by atoms with Crippen LogP contribution in [0.3, 0.4) is 0 Å². The molecule has 0 radical (unpaired) electrons. The second-order valence-corrected chi connectivity index (χ2v) is 3.97. The Bertz CT molecular complexity index is 520. The molecule has 6 nitrogen and oxygen atoms in total. The summed E-state index contributed by atoms with van der Waals surface area (Å²) in [7, 11) is 1.86. The van der Waals surface area contributed by atoms with Gasteiger partial charge in [0.1, 0.15) is 23.8 Å². The molecule has 0 spiro atoms. The molecule has 0 bridgehead atoms. The van der Waals surface area contributed by atoms with Crippen LogP contribution in [0.25, 0.3) is 0 Å². The molecule has 6 heteroatoms. The van der Waals surface area contributed by atoms with Crippen LogP contribution in [-0.4, -0.2) is 33.1 Å². The van der Waals surface area contributed by atoms with Crippen LogP contribution in [0.2, 0.25) is 0 Å². The fourth-order valence-electron chi connectivity index (χ4n) is 2.03. The molecule has 88 valence electrons. The molecule has 2 aromatic heterocycles. The van der Waals surface area contributed by atoms with E-state index in [0.29, 0.717) is 0 Å². The smallest absolute Gasteiger partial charge is 0.134 e.